The van der Waals surface area contributed by atoms with Gasteiger partial charge in [-0.1, -0.05) is 18.2 Å². The predicted molar refractivity (Wildman–Crippen MR) is 94.9 cm³/mol. The second kappa shape index (κ2) is 7.92. The molecule has 5 heteroatoms. The maximum absolute atomic E-state index is 12.0. The first-order chi connectivity index (χ1) is 12.1. The second-order valence-electron chi connectivity index (χ2n) is 6.27. The van der Waals surface area contributed by atoms with Crippen molar-refractivity contribution in [3.8, 4) is 17.2 Å². The molecule has 0 saturated heterocycles. The molecule has 25 heavy (non-hydrogen) atoms. The van der Waals surface area contributed by atoms with Gasteiger partial charge in [0.25, 0.3) is 0 Å². The zero-order chi connectivity index (χ0) is 17.6. The summed E-state index contributed by atoms with van der Waals surface area (Å²) in [4.78, 5) is 12.0. The summed E-state index contributed by atoms with van der Waals surface area (Å²) >= 11 is 0. The Hall–Kier alpha value is -2.69. The van der Waals surface area contributed by atoms with Gasteiger partial charge in [-0.3, -0.25) is 4.79 Å². The third-order valence-corrected chi connectivity index (χ3v) is 3.86. The highest BCUT2D eigenvalue weighted by Gasteiger charge is 2.13. The maximum Gasteiger partial charge on any atom is 0.231 e. The van der Waals surface area contributed by atoms with Crippen LogP contribution in [0.4, 0.5) is 0 Å². The molecule has 0 saturated carbocycles. The molecule has 1 amide bonds. The minimum atomic E-state index is 0.0279. The molecular weight excluding hydrogens is 318 g/mol. The van der Waals surface area contributed by atoms with E-state index in [1.807, 2.05) is 56.3 Å². The van der Waals surface area contributed by atoms with Crippen molar-refractivity contribution in [2.45, 2.75) is 39.3 Å². The van der Waals surface area contributed by atoms with Crippen LogP contribution < -0.4 is 19.5 Å². The van der Waals surface area contributed by atoms with Crippen molar-refractivity contribution < 1.29 is 19.0 Å². The van der Waals surface area contributed by atoms with E-state index in [0.717, 1.165) is 28.4 Å². The summed E-state index contributed by atoms with van der Waals surface area (Å²) in [6.07, 6.45) is 1.26. The monoisotopic (exact) mass is 341 g/mol. The van der Waals surface area contributed by atoms with E-state index in [9.17, 15) is 4.79 Å². The minimum absolute atomic E-state index is 0.0279. The van der Waals surface area contributed by atoms with E-state index in [1.165, 1.54) is 0 Å². The molecule has 2 aromatic carbocycles. The lowest BCUT2D eigenvalue weighted by Crippen LogP contribution is -2.22. The molecule has 1 N–H and O–H groups in total. The van der Waals surface area contributed by atoms with E-state index in [0.29, 0.717) is 19.4 Å². The fourth-order valence-electron chi connectivity index (χ4n) is 2.60. The second-order valence-corrected chi connectivity index (χ2v) is 6.27. The Morgan fingerprint density at radius 3 is 2.56 bits per heavy atom. The van der Waals surface area contributed by atoms with E-state index in [-0.39, 0.29) is 18.8 Å². The van der Waals surface area contributed by atoms with Crippen LogP contribution >= 0.6 is 0 Å². The van der Waals surface area contributed by atoms with Gasteiger partial charge in [0.2, 0.25) is 12.7 Å². The quantitative estimate of drug-likeness (QED) is 0.838. The van der Waals surface area contributed by atoms with Crippen molar-refractivity contribution in [3.05, 3.63) is 53.6 Å². The molecule has 0 aromatic heterocycles. The predicted octanol–water partition coefficient (Wildman–Crippen LogP) is 3.45. The number of benzene rings is 2. The summed E-state index contributed by atoms with van der Waals surface area (Å²) in [5.74, 6) is 2.38. The smallest absolute Gasteiger partial charge is 0.231 e. The summed E-state index contributed by atoms with van der Waals surface area (Å²) in [6.45, 7) is 4.77. The number of carbonyl (C=O) groups excluding carboxylic acids is 1. The molecular formula is C20H23NO4. The number of nitrogens with one attached hydrogen (secondary N) is 1. The Kier molecular flexibility index (Phi) is 5.43. The number of ether oxygens (including phenoxy) is 3. The molecule has 3 rings (SSSR count). The van der Waals surface area contributed by atoms with Crippen molar-refractivity contribution in [1.29, 1.82) is 0 Å². The van der Waals surface area contributed by atoms with Gasteiger partial charge in [0.15, 0.2) is 11.5 Å². The van der Waals surface area contributed by atoms with Crippen LogP contribution in [0.5, 0.6) is 17.2 Å². The van der Waals surface area contributed by atoms with Gasteiger partial charge in [0.1, 0.15) is 5.75 Å². The van der Waals surface area contributed by atoms with Gasteiger partial charge >= 0.3 is 0 Å². The van der Waals surface area contributed by atoms with Gasteiger partial charge in [-0.15, -0.1) is 0 Å². The van der Waals surface area contributed by atoms with Crippen LogP contribution in [0.25, 0.3) is 0 Å². The topological polar surface area (TPSA) is 56.8 Å². The third kappa shape index (κ3) is 4.89. The van der Waals surface area contributed by atoms with Crippen molar-refractivity contribution in [3.63, 3.8) is 0 Å². The molecule has 132 valence electrons. The molecule has 0 radical (unpaired) electrons. The number of hydrogen-bond donors (Lipinski definition) is 1. The zero-order valence-corrected chi connectivity index (χ0v) is 14.6. The first-order valence-electron chi connectivity index (χ1n) is 8.51. The Labute approximate surface area is 147 Å². The molecule has 2 aromatic rings. The van der Waals surface area contributed by atoms with Gasteiger partial charge in [0, 0.05) is 13.0 Å². The third-order valence-electron chi connectivity index (χ3n) is 3.86. The average molecular weight is 341 g/mol. The van der Waals surface area contributed by atoms with Gasteiger partial charge < -0.3 is 19.5 Å². The molecule has 0 unspecified atom stereocenters. The van der Waals surface area contributed by atoms with Crippen LogP contribution in [0.2, 0.25) is 0 Å². The normalized spacial score (nSPS) is 12.3. The van der Waals surface area contributed by atoms with E-state index in [1.54, 1.807) is 0 Å². The van der Waals surface area contributed by atoms with Crippen LogP contribution in [-0.4, -0.2) is 18.8 Å². The molecule has 1 aliphatic heterocycles. The molecule has 5 nitrogen and oxygen atoms in total. The van der Waals surface area contributed by atoms with Crippen LogP contribution in [0, 0.1) is 0 Å². The zero-order valence-electron chi connectivity index (χ0n) is 14.6. The summed E-state index contributed by atoms with van der Waals surface area (Å²) in [7, 11) is 0. The van der Waals surface area contributed by atoms with Crippen LogP contribution in [0.1, 0.15) is 31.4 Å². The Balaban J connectivity index is 1.43. The summed E-state index contributed by atoms with van der Waals surface area (Å²) in [5.41, 5.74) is 2.11. The Bertz CT molecular complexity index is 725. The van der Waals surface area contributed by atoms with Crippen molar-refractivity contribution in [2.75, 3.05) is 6.79 Å². The number of fused-ring (bicyclic) bond motifs is 1. The van der Waals surface area contributed by atoms with Gasteiger partial charge in [-0.05, 0) is 55.7 Å². The number of carbonyl (C=O) groups is 1. The molecule has 1 heterocycles. The average Bonchev–Trinajstić information content (AvgIpc) is 3.06. The van der Waals surface area contributed by atoms with Gasteiger partial charge in [-0.25, -0.2) is 0 Å². The molecule has 1 aliphatic rings. The van der Waals surface area contributed by atoms with Crippen molar-refractivity contribution >= 4 is 5.91 Å². The highest BCUT2D eigenvalue weighted by atomic mass is 16.7. The van der Waals surface area contributed by atoms with E-state index < -0.39 is 0 Å². The van der Waals surface area contributed by atoms with Crippen LogP contribution in [-0.2, 0) is 17.8 Å². The minimum Gasteiger partial charge on any atom is -0.491 e. The number of rotatable bonds is 7. The van der Waals surface area contributed by atoms with Crippen LogP contribution in [0.15, 0.2) is 42.5 Å². The van der Waals surface area contributed by atoms with Crippen molar-refractivity contribution in [1.82, 2.24) is 5.32 Å². The SMILES string of the molecule is CC(C)Oc1ccc(CNC(=O)CCc2ccc3c(c2)OCO3)cc1. The lowest BCUT2D eigenvalue weighted by molar-refractivity contribution is -0.121. The Morgan fingerprint density at radius 1 is 1.08 bits per heavy atom. The Morgan fingerprint density at radius 2 is 1.80 bits per heavy atom. The fourth-order valence-corrected chi connectivity index (χ4v) is 2.60. The number of amides is 1. The number of hydrogen-bond acceptors (Lipinski definition) is 4. The van der Waals surface area contributed by atoms with Crippen molar-refractivity contribution in [2.24, 2.45) is 0 Å². The first kappa shape index (κ1) is 17.1. The lowest BCUT2D eigenvalue weighted by Gasteiger charge is -2.10. The summed E-state index contributed by atoms with van der Waals surface area (Å²) < 4.78 is 16.2. The summed E-state index contributed by atoms with van der Waals surface area (Å²) in [6, 6.07) is 13.6. The summed E-state index contributed by atoms with van der Waals surface area (Å²) in [5, 5.41) is 2.95. The molecule has 0 fully saturated rings. The molecule has 0 aliphatic carbocycles. The molecule has 0 atom stereocenters. The highest BCUT2D eigenvalue weighted by molar-refractivity contribution is 5.76. The standard InChI is InChI=1S/C20H23NO4/c1-14(2)25-17-7-3-16(4-8-17)12-21-20(22)10-6-15-5-9-18-19(11-15)24-13-23-18/h3-5,7-9,11,14H,6,10,12-13H2,1-2H3,(H,21,22). The molecule has 0 spiro atoms. The van der Waals surface area contributed by atoms with Gasteiger partial charge in [-0.2, -0.15) is 0 Å². The fraction of sp³-hybridized carbons (Fsp3) is 0.350. The maximum atomic E-state index is 12.0. The lowest BCUT2D eigenvalue weighted by atomic mass is 10.1. The van der Waals surface area contributed by atoms with E-state index >= 15 is 0 Å². The number of aryl methyl sites for hydroxylation is 1. The van der Waals surface area contributed by atoms with E-state index in [2.05, 4.69) is 5.32 Å². The first-order valence-corrected chi connectivity index (χ1v) is 8.51. The molecule has 0 bridgehead atoms. The largest absolute Gasteiger partial charge is 0.491 e. The highest BCUT2D eigenvalue weighted by Crippen LogP contribution is 2.32. The van der Waals surface area contributed by atoms with Gasteiger partial charge in [0.05, 0.1) is 6.10 Å². The van der Waals surface area contributed by atoms with E-state index in [4.69, 9.17) is 14.2 Å². The van der Waals surface area contributed by atoms with Crippen LogP contribution in [0.3, 0.4) is 0 Å².